The van der Waals surface area contributed by atoms with Gasteiger partial charge in [-0.05, 0) is 36.4 Å². The highest BCUT2D eigenvalue weighted by Crippen LogP contribution is 2.27. The molecule has 10 nitrogen and oxygen atoms in total. The minimum absolute atomic E-state index is 0. The number of carbonyl (C=O) groups excluding carboxylic acids is 2. The van der Waals surface area contributed by atoms with Gasteiger partial charge in [0.2, 0.25) is 5.91 Å². The number of pyridine rings is 1. The first kappa shape index (κ1) is 33.9. The number of nitrogens with one attached hydrogen (secondary N) is 2. The number of carboxylic acid groups (broad SMARTS) is 1. The van der Waals surface area contributed by atoms with E-state index in [4.69, 9.17) is 9.72 Å². The predicted molar refractivity (Wildman–Crippen MR) is 158 cm³/mol. The largest absolute Gasteiger partial charge is 0.478 e. The number of methoxy groups -OCH3 is 1. The van der Waals surface area contributed by atoms with Crippen molar-refractivity contribution in [3.05, 3.63) is 65.7 Å². The highest BCUT2D eigenvalue weighted by atomic mass is 35.5. The first-order valence-electron chi connectivity index (χ1n) is 11.7. The number of amides is 2. The standard InChI is InChI=1S/C26H29N5O5.3ClH/c1-36-14-9-27-24(32)17-30-10-12-31(13-11-30)23-16-21(26(34)35)20-15-19(7-8-22(20)29-23)28-25(33)18-5-3-2-4-6-18;;;/h2-8,15-16H,9-14,17H2,1H3,(H,27,32)(H,28,33)(H,34,35);3*1H. The molecule has 1 aliphatic heterocycles. The number of carbonyl (C=O) groups is 3. The summed E-state index contributed by atoms with van der Waals surface area (Å²) in [5, 5.41) is 16.0. The zero-order chi connectivity index (χ0) is 25.5. The lowest BCUT2D eigenvalue weighted by Gasteiger charge is -2.35. The van der Waals surface area contributed by atoms with E-state index < -0.39 is 5.97 Å². The number of halogens is 3. The number of rotatable bonds is 9. The summed E-state index contributed by atoms with van der Waals surface area (Å²) < 4.78 is 4.94. The van der Waals surface area contributed by atoms with E-state index in [-0.39, 0.29) is 54.6 Å². The van der Waals surface area contributed by atoms with Crippen LogP contribution in [0.4, 0.5) is 11.5 Å². The molecule has 39 heavy (non-hydrogen) atoms. The van der Waals surface area contributed by atoms with Crippen LogP contribution in [-0.2, 0) is 9.53 Å². The van der Waals surface area contributed by atoms with Gasteiger partial charge in [0, 0.05) is 56.5 Å². The van der Waals surface area contributed by atoms with Gasteiger partial charge in [-0.15, -0.1) is 37.2 Å². The van der Waals surface area contributed by atoms with Crippen molar-refractivity contribution in [2.75, 3.05) is 63.2 Å². The second-order valence-corrected chi connectivity index (χ2v) is 8.49. The minimum Gasteiger partial charge on any atom is -0.478 e. The van der Waals surface area contributed by atoms with Crippen LogP contribution in [0.2, 0.25) is 0 Å². The summed E-state index contributed by atoms with van der Waals surface area (Å²) in [5.41, 5.74) is 1.65. The third-order valence-electron chi connectivity index (χ3n) is 6.01. The number of aromatic carboxylic acids is 1. The molecule has 2 heterocycles. The predicted octanol–water partition coefficient (Wildman–Crippen LogP) is 3.34. The number of ether oxygens (including phenoxy) is 1. The maximum atomic E-state index is 12.5. The Labute approximate surface area is 245 Å². The fourth-order valence-corrected chi connectivity index (χ4v) is 4.11. The number of carboxylic acids is 1. The monoisotopic (exact) mass is 599 g/mol. The quantitative estimate of drug-likeness (QED) is 0.320. The summed E-state index contributed by atoms with van der Waals surface area (Å²) in [6.45, 7) is 3.81. The Kier molecular flexibility index (Phi) is 14.0. The molecular weight excluding hydrogens is 569 g/mol. The summed E-state index contributed by atoms with van der Waals surface area (Å²) in [6.07, 6.45) is 0. The number of aromatic nitrogens is 1. The van der Waals surface area contributed by atoms with E-state index in [0.29, 0.717) is 73.8 Å². The molecule has 0 radical (unpaired) electrons. The molecule has 0 spiro atoms. The smallest absolute Gasteiger partial charge is 0.336 e. The normalized spacial score (nSPS) is 12.9. The molecule has 2 aromatic carbocycles. The van der Waals surface area contributed by atoms with Crippen LogP contribution in [0.1, 0.15) is 20.7 Å². The van der Waals surface area contributed by atoms with Crippen LogP contribution in [0.3, 0.4) is 0 Å². The fraction of sp³-hybridized carbons (Fsp3) is 0.308. The molecule has 1 saturated heterocycles. The Bertz CT molecular complexity index is 1260. The molecule has 0 unspecified atom stereocenters. The molecule has 212 valence electrons. The van der Waals surface area contributed by atoms with Crippen LogP contribution in [0.15, 0.2) is 54.6 Å². The van der Waals surface area contributed by atoms with Crippen LogP contribution >= 0.6 is 37.2 Å². The number of piperazine rings is 1. The first-order valence-corrected chi connectivity index (χ1v) is 11.7. The Morgan fingerprint density at radius 1 is 0.974 bits per heavy atom. The van der Waals surface area contributed by atoms with Crippen molar-refractivity contribution in [3.8, 4) is 0 Å². The lowest BCUT2D eigenvalue weighted by Crippen LogP contribution is -2.50. The van der Waals surface area contributed by atoms with Gasteiger partial charge in [-0.2, -0.15) is 0 Å². The lowest BCUT2D eigenvalue weighted by atomic mass is 10.1. The highest BCUT2D eigenvalue weighted by Gasteiger charge is 2.22. The van der Waals surface area contributed by atoms with Crippen molar-refractivity contribution in [1.29, 1.82) is 0 Å². The third kappa shape index (κ3) is 8.94. The van der Waals surface area contributed by atoms with Gasteiger partial charge < -0.3 is 25.4 Å². The maximum Gasteiger partial charge on any atom is 0.336 e. The topological polar surface area (TPSA) is 124 Å². The van der Waals surface area contributed by atoms with E-state index in [1.165, 1.54) is 0 Å². The molecule has 0 saturated carbocycles. The summed E-state index contributed by atoms with van der Waals surface area (Å²) in [5.74, 6) is -0.818. The Morgan fingerprint density at radius 3 is 2.31 bits per heavy atom. The second-order valence-electron chi connectivity index (χ2n) is 8.49. The van der Waals surface area contributed by atoms with Crippen LogP contribution in [-0.4, -0.2) is 85.8 Å². The zero-order valence-electron chi connectivity index (χ0n) is 21.3. The fourth-order valence-electron chi connectivity index (χ4n) is 4.11. The number of nitrogens with zero attached hydrogens (tertiary/aromatic N) is 3. The molecule has 3 N–H and O–H groups in total. The summed E-state index contributed by atoms with van der Waals surface area (Å²) in [6, 6.07) is 15.4. The number of fused-ring (bicyclic) bond motifs is 1. The third-order valence-corrected chi connectivity index (χ3v) is 6.01. The van der Waals surface area contributed by atoms with E-state index in [1.54, 1.807) is 55.6 Å². The van der Waals surface area contributed by atoms with E-state index in [2.05, 4.69) is 15.5 Å². The summed E-state index contributed by atoms with van der Waals surface area (Å²) >= 11 is 0. The zero-order valence-corrected chi connectivity index (χ0v) is 23.7. The van der Waals surface area contributed by atoms with E-state index in [1.807, 2.05) is 11.0 Å². The van der Waals surface area contributed by atoms with Crippen molar-refractivity contribution in [3.63, 3.8) is 0 Å². The van der Waals surface area contributed by atoms with Crippen molar-refractivity contribution in [2.45, 2.75) is 0 Å². The molecule has 2 amide bonds. The van der Waals surface area contributed by atoms with Crippen molar-refractivity contribution < 1.29 is 24.2 Å². The highest BCUT2D eigenvalue weighted by molar-refractivity contribution is 6.08. The molecule has 1 aliphatic rings. The van der Waals surface area contributed by atoms with E-state index in [0.717, 1.165) is 0 Å². The van der Waals surface area contributed by atoms with Crippen LogP contribution < -0.4 is 15.5 Å². The van der Waals surface area contributed by atoms with E-state index in [9.17, 15) is 19.5 Å². The number of benzene rings is 2. The van der Waals surface area contributed by atoms with Gasteiger partial charge in [0.25, 0.3) is 5.91 Å². The van der Waals surface area contributed by atoms with Crippen LogP contribution in [0.5, 0.6) is 0 Å². The molecule has 4 rings (SSSR count). The molecule has 0 bridgehead atoms. The molecule has 3 aromatic rings. The van der Waals surface area contributed by atoms with Gasteiger partial charge in [0.15, 0.2) is 0 Å². The number of hydrogen-bond donors (Lipinski definition) is 3. The Hall–Kier alpha value is -3.15. The van der Waals surface area contributed by atoms with Crippen LogP contribution in [0.25, 0.3) is 10.9 Å². The first-order chi connectivity index (χ1) is 17.4. The SMILES string of the molecule is COCCNC(=O)CN1CCN(c2cc(C(=O)O)c3cc(NC(=O)c4ccccc4)ccc3n2)CC1.Cl.Cl.Cl. The van der Waals surface area contributed by atoms with Gasteiger partial charge in [-0.1, -0.05) is 18.2 Å². The van der Waals surface area contributed by atoms with Crippen LogP contribution in [0, 0.1) is 0 Å². The molecule has 0 aliphatic carbocycles. The Balaban J connectivity index is 0.00000253. The molecule has 1 aromatic heterocycles. The average molecular weight is 601 g/mol. The molecule has 0 atom stereocenters. The Morgan fingerprint density at radius 2 is 1.67 bits per heavy atom. The van der Waals surface area contributed by atoms with Gasteiger partial charge in [-0.3, -0.25) is 14.5 Å². The molecule has 1 fully saturated rings. The van der Waals surface area contributed by atoms with Gasteiger partial charge in [0.1, 0.15) is 5.82 Å². The van der Waals surface area contributed by atoms with E-state index >= 15 is 0 Å². The number of hydrogen-bond acceptors (Lipinski definition) is 7. The molecule has 13 heteroatoms. The van der Waals surface area contributed by atoms with Gasteiger partial charge in [-0.25, -0.2) is 9.78 Å². The lowest BCUT2D eigenvalue weighted by molar-refractivity contribution is -0.122. The van der Waals surface area contributed by atoms with Crippen molar-refractivity contribution in [1.82, 2.24) is 15.2 Å². The molecular formula is C26H32Cl3N5O5. The average Bonchev–Trinajstić information content (AvgIpc) is 2.89. The second kappa shape index (κ2) is 16.1. The number of anilines is 2. The van der Waals surface area contributed by atoms with Crippen molar-refractivity contribution in [2.24, 2.45) is 0 Å². The minimum atomic E-state index is -1.07. The van der Waals surface area contributed by atoms with Gasteiger partial charge >= 0.3 is 5.97 Å². The van der Waals surface area contributed by atoms with Crippen molar-refractivity contribution >= 4 is 77.4 Å². The summed E-state index contributed by atoms with van der Waals surface area (Å²) in [4.78, 5) is 45.4. The van der Waals surface area contributed by atoms with Gasteiger partial charge in [0.05, 0.1) is 24.2 Å². The maximum absolute atomic E-state index is 12.5. The summed E-state index contributed by atoms with van der Waals surface area (Å²) in [7, 11) is 1.59.